The van der Waals surface area contributed by atoms with E-state index in [1.54, 1.807) is 4.68 Å². The SMILES string of the molecule is CCn1nnnc1S[C@H](C)C(=O)N[C@@H]1CCCc2ccccc21. The largest absolute Gasteiger partial charge is 0.348 e. The Morgan fingerprint density at radius 3 is 3.13 bits per heavy atom. The Kier molecular flexibility index (Phi) is 4.95. The van der Waals surface area contributed by atoms with Crippen LogP contribution in [0.4, 0.5) is 0 Å². The minimum absolute atomic E-state index is 0.0300. The van der Waals surface area contributed by atoms with Crippen LogP contribution in [0.5, 0.6) is 0 Å². The van der Waals surface area contributed by atoms with Crippen LogP contribution in [-0.2, 0) is 17.8 Å². The van der Waals surface area contributed by atoms with Crippen molar-refractivity contribution < 1.29 is 4.79 Å². The number of aromatic nitrogens is 4. The molecule has 7 heteroatoms. The molecule has 1 N–H and O–H groups in total. The molecule has 1 aliphatic carbocycles. The summed E-state index contributed by atoms with van der Waals surface area (Å²) < 4.78 is 1.70. The molecule has 23 heavy (non-hydrogen) atoms. The van der Waals surface area contributed by atoms with Crippen LogP contribution in [0.2, 0.25) is 0 Å². The lowest BCUT2D eigenvalue weighted by atomic mass is 9.88. The van der Waals surface area contributed by atoms with E-state index < -0.39 is 0 Å². The zero-order valence-electron chi connectivity index (χ0n) is 13.4. The van der Waals surface area contributed by atoms with Crippen LogP contribution in [0.3, 0.4) is 0 Å². The lowest BCUT2D eigenvalue weighted by molar-refractivity contribution is -0.121. The quantitative estimate of drug-likeness (QED) is 0.852. The summed E-state index contributed by atoms with van der Waals surface area (Å²) in [5.74, 6) is 0.0300. The molecule has 0 unspecified atom stereocenters. The lowest BCUT2D eigenvalue weighted by Crippen LogP contribution is -2.36. The predicted octanol–water partition coefficient (Wildman–Crippen LogP) is 2.37. The van der Waals surface area contributed by atoms with E-state index in [9.17, 15) is 4.79 Å². The highest BCUT2D eigenvalue weighted by Gasteiger charge is 2.25. The average molecular weight is 331 g/mol. The van der Waals surface area contributed by atoms with Crippen LogP contribution in [0, 0.1) is 0 Å². The predicted molar refractivity (Wildman–Crippen MR) is 89.1 cm³/mol. The summed E-state index contributed by atoms with van der Waals surface area (Å²) in [6, 6.07) is 8.48. The van der Waals surface area contributed by atoms with Gasteiger partial charge in [-0.3, -0.25) is 4.79 Å². The third-order valence-corrected chi connectivity index (χ3v) is 5.21. The number of nitrogens with zero attached hydrogens (tertiary/aromatic N) is 4. The molecule has 6 nitrogen and oxygen atoms in total. The second-order valence-electron chi connectivity index (χ2n) is 5.69. The maximum Gasteiger partial charge on any atom is 0.233 e. The van der Waals surface area contributed by atoms with Gasteiger partial charge in [-0.1, -0.05) is 36.0 Å². The minimum atomic E-state index is -0.236. The van der Waals surface area contributed by atoms with Gasteiger partial charge in [-0.15, -0.1) is 5.10 Å². The first-order chi connectivity index (χ1) is 11.2. The first kappa shape index (κ1) is 16.0. The molecule has 1 heterocycles. The van der Waals surface area contributed by atoms with Gasteiger partial charge in [0.2, 0.25) is 11.1 Å². The second-order valence-corrected chi connectivity index (χ2v) is 7.00. The van der Waals surface area contributed by atoms with Gasteiger partial charge in [-0.2, -0.15) is 0 Å². The van der Waals surface area contributed by atoms with Crippen LogP contribution < -0.4 is 5.32 Å². The first-order valence-electron chi connectivity index (χ1n) is 8.00. The maximum absolute atomic E-state index is 12.5. The highest BCUT2D eigenvalue weighted by molar-refractivity contribution is 8.00. The molecule has 1 aromatic carbocycles. The molecule has 2 aromatic rings. The number of carbonyl (C=O) groups is 1. The number of nitrogens with one attached hydrogen (secondary N) is 1. The van der Waals surface area contributed by atoms with Gasteiger partial charge in [-0.25, -0.2) is 4.68 Å². The highest BCUT2D eigenvalue weighted by atomic mass is 32.2. The average Bonchev–Trinajstić information content (AvgIpc) is 3.02. The second kappa shape index (κ2) is 7.12. The fourth-order valence-corrected chi connectivity index (χ4v) is 3.75. The molecule has 0 radical (unpaired) electrons. The summed E-state index contributed by atoms with van der Waals surface area (Å²) in [5, 5.41) is 15.2. The third kappa shape index (κ3) is 3.55. The number of fused-ring (bicyclic) bond motifs is 1. The number of carbonyl (C=O) groups excluding carboxylic acids is 1. The van der Waals surface area contributed by atoms with Crippen LogP contribution in [0.15, 0.2) is 29.4 Å². The summed E-state index contributed by atoms with van der Waals surface area (Å²) in [5.41, 5.74) is 2.60. The van der Waals surface area contributed by atoms with E-state index >= 15 is 0 Å². The molecule has 1 amide bonds. The summed E-state index contributed by atoms with van der Waals surface area (Å²) in [6.45, 7) is 4.56. The maximum atomic E-state index is 12.5. The minimum Gasteiger partial charge on any atom is -0.348 e. The molecule has 0 bridgehead atoms. The molecule has 122 valence electrons. The van der Waals surface area contributed by atoms with Crippen molar-refractivity contribution in [3.05, 3.63) is 35.4 Å². The number of tetrazole rings is 1. The number of hydrogen-bond donors (Lipinski definition) is 1. The first-order valence-corrected chi connectivity index (χ1v) is 8.88. The molecule has 1 aromatic heterocycles. The van der Waals surface area contributed by atoms with Gasteiger partial charge < -0.3 is 5.32 Å². The van der Waals surface area contributed by atoms with E-state index in [1.807, 2.05) is 19.9 Å². The zero-order chi connectivity index (χ0) is 16.2. The van der Waals surface area contributed by atoms with E-state index in [4.69, 9.17) is 0 Å². The molecular formula is C16H21N5OS. The lowest BCUT2D eigenvalue weighted by Gasteiger charge is -2.27. The van der Waals surface area contributed by atoms with E-state index in [2.05, 4.69) is 39.0 Å². The topological polar surface area (TPSA) is 72.7 Å². The van der Waals surface area contributed by atoms with Gasteiger partial charge in [-0.05, 0) is 54.7 Å². The number of rotatable bonds is 5. The van der Waals surface area contributed by atoms with Crippen LogP contribution in [0.1, 0.15) is 43.9 Å². The van der Waals surface area contributed by atoms with E-state index in [0.29, 0.717) is 11.7 Å². The van der Waals surface area contributed by atoms with Crippen LogP contribution in [0.25, 0.3) is 0 Å². The molecule has 2 atom stereocenters. The molecule has 0 saturated heterocycles. The number of hydrogen-bond acceptors (Lipinski definition) is 5. The Morgan fingerprint density at radius 2 is 2.30 bits per heavy atom. The fraction of sp³-hybridized carbons (Fsp3) is 0.500. The Bertz CT molecular complexity index is 687. The molecular weight excluding hydrogens is 310 g/mol. The molecule has 0 fully saturated rings. The van der Waals surface area contributed by atoms with Crippen molar-refractivity contribution in [3.8, 4) is 0 Å². The standard InChI is InChI=1S/C16H21N5OS/c1-3-21-16(18-19-20-21)23-11(2)15(22)17-14-10-6-8-12-7-4-5-9-13(12)14/h4-5,7,9,11,14H,3,6,8,10H2,1-2H3,(H,17,22)/t11-,14-/m1/s1. The summed E-state index contributed by atoms with van der Waals surface area (Å²) >= 11 is 1.39. The number of amides is 1. The van der Waals surface area contributed by atoms with E-state index in [1.165, 1.54) is 22.9 Å². The van der Waals surface area contributed by atoms with Crippen molar-refractivity contribution in [2.45, 2.75) is 56.1 Å². The van der Waals surface area contributed by atoms with Crippen molar-refractivity contribution in [2.24, 2.45) is 0 Å². The van der Waals surface area contributed by atoms with E-state index in [-0.39, 0.29) is 17.2 Å². The van der Waals surface area contributed by atoms with Gasteiger partial charge in [0.05, 0.1) is 11.3 Å². The van der Waals surface area contributed by atoms with E-state index in [0.717, 1.165) is 19.3 Å². The van der Waals surface area contributed by atoms with Crippen molar-refractivity contribution in [1.82, 2.24) is 25.5 Å². The molecule has 0 aliphatic heterocycles. The van der Waals surface area contributed by atoms with Gasteiger partial charge in [0, 0.05) is 6.54 Å². The summed E-state index contributed by atoms with van der Waals surface area (Å²) in [6.07, 6.45) is 3.20. The Labute approximate surface area is 140 Å². The normalized spacial score (nSPS) is 18.3. The van der Waals surface area contributed by atoms with Crippen LogP contribution in [-0.4, -0.2) is 31.4 Å². The van der Waals surface area contributed by atoms with Gasteiger partial charge in [0.1, 0.15) is 0 Å². The fourth-order valence-electron chi connectivity index (χ4n) is 2.88. The zero-order valence-corrected chi connectivity index (χ0v) is 14.2. The van der Waals surface area contributed by atoms with Crippen molar-refractivity contribution in [3.63, 3.8) is 0 Å². The Morgan fingerprint density at radius 1 is 1.48 bits per heavy atom. The molecule has 0 saturated carbocycles. The summed E-state index contributed by atoms with van der Waals surface area (Å²) in [4.78, 5) is 12.5. The number of aryl methyl sites for hydroxylation is 2. The monoisotopic (exact) mass is 331 g/mol. The van der Waals surface area contributed by atoms with Crippen molar-refractivity contribution in [1.29, 1.82) is 0 Å². The van der Waals surface area contributed by atoms with Gasteiger partial charge in [0.15, 0.2) is 0 Å². The smallest absolute Gasteiger partial charge is 0.233 e. The van der Waals surface area contributed by atoms with Gasteiger partial charge in [0.25, 0.3) is 0 Å². The Balaban J connectivity index is 1.65. The Hall–Kier alpha value is -1.89. The molecule has 3 rings (SSSR count). The highest BCUT2D eigenvalue weighted by Crippen LogP contribution is 2.30. The third-order valence-electron chi connectivity index (χ3n) is 4.14. The number of thioether (sulfide) groups is 1. The summed E-state index contributed by atoms with van der Waals surface area (Å²) in [7, 11) is 0. The molecule has 0 spiro atoms. The van der Waals surface area contributed by atoms with Gasteiger partial charge >= 0.3 is 0 Å². The van der Waals surface area contributed by atoms with Crippen molar-refractivity contribution in [2.75, 3.05) is 0 Å². The van der Waals surface area contributed by atoms with Crippen LogP contribution >= 0.6 is 11.8 Å². The number of benzene rings is 1. The van der Waals surface area contributed by atoms with Crippen molar-refractivity contribution >= 4 is 17.7 Å². The molecule has 1 aliphatic rings.